The topological polar surface area (TPSA) is 30.8 Å². The Bertz CT molecular complexity index is 629. The number of halogens is 1. The van der Waals surface area contributed by atoms with Gasteiger partial charge in [-0.3, -0.25) is 0 Å². The first-order chi connectivity index (χ1) is 10.7. The molecule has 1 aromatic carbocycles. The SMILES string of the molecule is C=C(N=Cc1cc(Cl)ccc1O[Si](C)(C)C(C)(C)C)O[Si](C)(C)C. The van der Waals surface area contributed by atoms with E-state index in [9.17, 15) is 0 Å². The minimum absolute atomic E-state index is 0.117. The molecule has 0 aliphatic rings. The number of hydrogen-bond acceptors (Lipinski definition) is 3. The molecule has 1 rings (SSSR count). The molecule has 0 amide bonds. The van der Waals surface area contributed by atoms with Crippen molar-refractivity contribution >= 4 is 34.5 Å². The predicted octanol–water partition coefficient (Wildman–Crippen LogP) is 6.47. The second-order valence-electron chi connectivity index (χ2n) is 8.41. The summed E-state index contributed by atoms with van der Waals surface area (Å²) in [6, 6.07) is 5.61. The summed E-state index contributed by atoms with van der Waals surface area (Å²) in [5, 5.41) is 0.766. The zero-order valence-electron chi connectivity index (χ0n) is 16.2. The van der Waals surface area contributed by atoms with E-state index in [1.807, 2.05) is 18.2 Å². The van der Waals surface area contributed by atoms with Crippen LogP contribution in [0.5, 0.6) is 5.75 Å². The number of rotatable bonds is 6. The minimum atomic E-state index is -1.94. The highest BCUT2D eigenvalue weighted by molar-refractivity contribution is 6.74. The molecule has 0 aliphatic heterocycles. The standard InChI is InChI=1S/C18H30ClNO2Si2/c1-14(21-23(5,6)7)20-13-15-12-16(19)10-11-17(15)22-24(8,9)18(2,3)4/h10-13H,1H2,2-9H3. The number of nitrogens with zero attached hydrogens (tertiary/aromatic N) is 1. The molecular formula is C18H30ClNO2Si2. The van der Waals surface area contributed by atoms with Gasteiger partial charge >= 0.3 is 0 Å². The lowest BCUT2D eigenvalue weighted by molar-refractivity contribution is 0.421. The molecule has 6 heteroatoms. The van der Waals surface area contributed by atoms with Crippen LogP contribution in [0.3, 0.4) is 0 Å². The Balaban J connectivity index is 3.08. The molecule has 0 N–H and O–H groups in total. The Labute approximate surface area is 154 Å². The third-order valence-electron chi connectivity index (χ3n) is 3.91. The molecule has 0 aliphatic carbocycles. The summed E-state index contributed by atoms with van der Waals surface area (Å²) in [4.78, 5) is 4.34. The third kappa shape index (κ3) is 6.45. The monoisotopic (exact) mass is 383 g/mol. The van der Waals surface area contributed by atoms with Gasteiger partial charge in [0.1, 0.15) is 5.75 Å². The van der Waals surface area contributed by atoms with Crippen molar-refractivity contribution in [2.24, 2.45) is 4.99 Å². The molecule has 0 saturated heterocycles. The first kappa shape index (κ1) is 21.0. The van der Waals surface area contributed by atoms with Crippen molar-refractivity contribution in [2.45, 2.75) is 58.5 Å². The molecule has 0 heterocycles. The number of aliphatic imine (C=N–C) groups is 1. The van der Waals surface area contributed by atoms with Gasteiger partial charge in [-0.2, -0.15) is 0 Å². The van der Waals surface area contributed by atoms with Gasteiger partial charge in [0, 0.05) is 16.8 Å². The van der Waals surface area contributed by atoms with Crippen LogP contribution in [0.2, 0.25) is 42.8 Å². The zero-order valence-corrected chi connectivity index (χ0v) is 18.9. The van der Waals surface area contributed by atoms with E-state index < -0.39 is 16.6 Å². The fourth-order valence-electron chi connectivity index (χ4n) is 1.66. The smallest absolute Gasteiger partial charge is 0.250 e. The summed E-state index contributed by atoms with van der Waals surface area (Å²) in [5.74, 6) is 1.22. The van der Waals surface area contributed by atoms with Crippen molar-refractivity contribution in [3.05, 3.63) is 41.2 Å². The normalized spacial score (nSPS) is 13.2. The fourth-order valence-corrected chi connectivity index (χ4v) is 3.64. The molecule has 0 unspecified atom stereocenters. The number of benzene rings is 1. The molecule has 0 radical (unpaired) electrons. The second kappa shape index (κ2) is 7.46. The lowest BCUT2D eigenvalue weighted by Crippen LogP contribution is -2.44. The van der Waals surface area contributed by atoms with E-state index in [0.29, 0.717) is 10.9 Å². The van der Waals surface area contributed by atoms with Crippen molar-refractivity contribution in [2.75, 3.05) is 0 Å². The van der Waals surface area contributed by atoms with E-state index in [-0.39, 0.29) is 5.04 Å². The fraction of sp³-hybridized carbons (Fsp3) is 0.500. The van der Waals surface area contributed by atoms with Crippen molar-refractivity contribution in [1.29, 1.82) is 0 Å². The Morgan fingerprint density at radius 3 is 2.25 bits per heavy atom. The van der Waals surface area contributed by atoms with E-state index in [0.717, 1.165) is 11.3 Å². The van der Waals surface area contributed by atoms with Gasteiger partial charge < -0.3 is 8.85 Å². The first-order valence-corrected chi connectivity index (χ1v) is 14.8. The maximum atomic E-state index is 6.41. The third-order valence-corrected chi connectivity index (χ3v) is 9.34. The summed E-state index contributed by atoms with van der Waals surface area (Å²) in [7, 11) is -3.65. The van der Waals surface area contributed by atoms with Crippen LogP contribution in [-0.4, -0.2) is 22.8 Å². The Hall–Kier alpha value is -1.05. The summed E-state index contributed by atoms with van der Waals surface area (Å²) < 4.78 is 12.2. The summed E-state index contributed by atoms with van der Waals surface area (Å²) in [6.07, 6.45) is 1.72. The predicted molar refractivity (Wildman–Crippen MR) is 110 cm³/mol. The van der Waals surface area contributed by atoms with E-state index in [1.165, 1.54) is 0 Å². The van der Waals surface area contributed by atoms with Gasteiger partial charge in [-0.05, 0) is 62.6 Å². The summed E-state index contributed by atoms with van der Waals surface area (Å²) in [5.41, 5.74) is 0.840. The van der Waals surface area contributed by atoms with Crippen LogP contribution >= 0.6 is 11.6 Å². The van der Waals surface area contributed by atoms with Gasteiger partial charge in [-0.1, -0.05) is 32.4 Å². The maximum Gasteiger partial charge on any atom is 0.250 e. The second-order valence-corrected chi connectivity index (χ2v) is 18.0. The van der Waals surface area contributed by atoms with Crippen LogP contribution in [0.15, 0.2) is 35.7 Å². The van der Waals surface area contributed by atoms with Gasteiger partial charge in [-0.25, -0.2) is 4.99 Å². The van der Waals surface area contributed by atoms with E-state index in [2.05, 4.69) is 65.1 Å². The average Bonchev–Trinajstić information content (AvgIpc) is 2.35. The highest BCUT2D eigenvalue weighted by atomic mass is 35.5. The van der Waals surface area contributed by atoms with Gasteiger partial charge in [0.05, 0.1) is 0 Å². The van der Waals surface area contributed by atoms with Crippen LogP contribution in [-0.2, 0) is 4.43 Å². The van der Waals surface area contributed by atoms with E-state index in [4.69, 9.17) is 20.5 Å². The molecule has 0 saturated carbocycles. The van der Waals surface area contributed by atoms with Gasteiger partial charge in [0.15, 0.2) is 5.88 Å². The highest BCUT2D eigenvalue weighted by Gasteiger charge is 2.39. The van der Waals surface area contributed by atoms with Crippen LogP contribution in [0.4, 0.5) is 0 Å². The van der Waals surface area contributed by atoms with Gasteiger partial charge in [0.25, 0.3) is 8.32 Å². The molecular weight excluding hydrogens is 354 g/mol. The molecule has 0 bridgehead atoms. The lowest BCUT2D eigenvalue weighted by Gasteiger charge is -2.36. The lowest BCUT2D eigenvalue weighted by atomic mass is 10.2. The van der Waals surface area contributed by atoms with Crippen LogP contribution in [0, 0.1) is 0 Å². The molecule has 0 aromatic heterocycles. The van der Waals surface area contributed by atoms with Gasteiger partial charge in [-0.15, -0.1) is 0 Å². The van der Waals surface area contributed by atoms with Crippen LogP contribution in [0.25, 0.3) is 0 Å². The molecule has 134 valence electrons. The molecule has 0 spiro atoms. The van der Waals surface area contributed by atoms with Gasteiger partial charge in [0.2, 0.25) is 8.32 Å². The van der Waals surface area contributed by atoms with E-state index in [1.54, 1.807) is 6.21 Å². The summed E-state index contributed by atoms with van der Waals surface area (Å²) >= 11 is 6.15. The molecule has 0 atom stereocenters. The van der Waals surface area contributed by atoms with Crippen LogP contribution < -0.4 is 4.43 Å². The molecule has 3 nitrogen and oxygen atoms in total. The summed E-state index contributed by atoms with van der Waals surface area (Å²) in [6.45, 7) is 21.2. The minimum Gasteiger partial charge on any atom is -0.543 e. The molecule has 24 heavy (non-hydrogen) atoms. The molecule has 1 aromatic rings. The Morgan fingerprint density at radius 1 is 1.17 bits per heavy atom. The zero-order chi connectivity index (χ0) is 18.8. The first-order valence-electron chi connectivity index (χ1n) is 8.12. The molecule has 0 fully saturated rings. The van der Waals surface area contributed by atoms with Crippen LogP contribution in [0.1, 0.15) is 26.3 Å². The van der Waals surface area contributed by atoms with Crippen molar-refractivity contribution in [3.8, 4) is 5.75 Å². The Morgan fingerprint density at radius 2 is 1.75 bits per heavy atom. The van der Waals surface area contributed by atoms with E-state index >= 15 is 0 Å². The maximum absolute atomic E-state index is 6.41. The van der Waals surface area contributed by atoms with Crippen molar-refractivity contribution in [3.63, 3.8) is 0 Å². The van der Waals surface area contributed by atoms with Crippen molar-refractivity contribution < 1.29 is 8.85 Å². The average molecular weight is 384 g/mol. The largest absolute Gasteiger partial charge is 0.543 e. The van der Waals surface area contributed by atoms with Crippen molar-refractivity contribution in [1.82, 2.24) is 0 Å². The highest BCUT2D eigenvalue weighted by Crippen LogP contribution is 2.38. The Kier molecular flexibility index (Phi) is 6.52. The quantitative estimate of drug-likeness (QED) is 0.320. The number of hydrogen-bond donors (Lipinski definition) is 0.